The summed E-state index contributed by atoms with van der Waals surface area (Å²) < 4.78 is 13.1. The smallest absolute Gasteiger partial charge is 0.176 e. The summed E-state index contributed by atoms with van der Waals surface area (Å²) in [5.74, 6) is -0.166. The molecule has 19 heavy (non-hydrogen) atoms. The van der Waals surface area contributed by atoms with Crippen molar-refractivity contribution in [3.63, 3.8) is 0 Å². The Bertz CT molecular complexity index is 487. The average Bonchev–Trinajstić information content (AvgIpc) is 2.41. The van der Waals surface area contributed by atoms with Gasteiger partial charge < -0.3 is 0 Å². The second-order valence-electron chi connectivity index (χ2n) is 4.99. The van der Waals surface area contributed by atoms with Gasteiger partial charge in [-0.05, 0) is 18.6 Å². The molecule has 102 valence electrons. The highest BCUT2D eigenvalue weighted by molar-refractivity contribution is 5.97. The van der Waals surface area contributed by atoms with Crippen molar-refractivity contribution in [2.45, 2.75) is 19.8 Å². The molecule has 0 aliphatic carbocycles. The van der Waals surface area contributed by atoms with Gasteiger partial charge in [0, 0.05) is 31.0 Å². The monoisotopic (exact) mass is 263 g/mol. The number of carbonyl (C=O) groups excluding carboxylic acids is 2. The van der Waals surface area contributed by atoms with Gasteiger partial charge in [0.15, 0.2) is 5.78 Å². The number of hydrogen-bond donors (Lipinski definition) is 0. The lowest BCUT2D eigenvalue weighted by molar-refractivity contribution is -0.126. The molecule has 1 unspecified atom stereocenters. The van der Waals surface area contributed by atoms with E-state index in [-0.39, 0.29) is 24.0 Å². The minimum absolute atomic E-state index is 0.0362. The molecule has 4 heteroatoms. The van der Waals surface area contributed by atoms with E-state index in [1.54, 1.807) is 6.07 Å². The summed E-state index contributed by atoms with van der Waals surface area (Å²) in [5, 5.41) is 0. The summed E-state index contributed by atoms with van der Waals surface area (Å²) in [7, 11) is 0. The molecule has 0 aromatic heterocycles. The molecule has 0 bridgehead atoms. The number of piperidine rings is 1. The first-order chi connectivity index (χ1) is 9.10. The van der Waals surface area contributed by atoms with Crippen LogP contribution in [0.3, 0.4) is 0 Å². The fourth-order valence-corrected chi connectivity index (χ4v) is 2.43. The third kappa shape index (κ3) is 3.47. The number of nitrogens with zero attached hydrogens (tertiary/aromatic N) is 1. The van der Waals surface area contributed by atoms with Crippen LogP contribution >= 0.6 is 0 Å². The van der Waals surface area contributed by atoms with E-state index in [0.717, 1.165) is 6.42 Å². The lowest BCUT2D eigenvalue weighted by Crippen LogP contribution is -2.42. The van der Waals surface area contributed by atoms with E-state index in [4.69, 9.17) is 0 Å². The summed E-state index contributed by atoms with van der Waals surface area (Å²) in [4.78, 5) is 25.6. The maximum atomic E-state index is 13.1. The maximum Gasteiger partial charge on any atom is 0.176 e. The Morgan fingerprint density at radius 2 is 2.26 bits per heavy atom. The molecular weight excluding hydrogens is 245 g/mol. The molecule has 1 fully saturated rings. The van der Waals surface area contributed by atoms with E-state index in [9.17, 15) is 14.0 Å². The summed E-state index contributed by atoms with van der Waals surface area (Å²) in [6, 6.07) is 5.74. The number of rotatable bonds is 4. The van der Waals surface area contributed by atoms with Crippen LogP contribution in [0.25, 0.3) is 0 Å². The highest BCUT2D eigenvalue weighted by Gasteiger charge is 2.26. The van der Waals surface area contributed by atoms with Gasteiger partial charge >= 0.3 is 0 Å². The highest BCUT2D eigenvalue weighted by atomic mass is 19.1. The summed E-state index contributed by atoms with van der Waals surface area (Å²) in [5.41, 5.74) is 0.393. The lowest BCUT2D eigenvalue weighted by Gasteiger charge is -2.30. The maximum absolute atomic E-state index is 13.1. The second-order valence-corrected chi connectivity index (χ2v) is 4.99. The van der Waals surface area contributed by atoms with E-state index in [1.165, 1.54) is 18.2 Å². The molecule has 1 aliphatic rings. The Labute approximate surface area is 112 Å². The van der Waals surface area contributed by atoms with Crippen LogP contribution in [0.15, 0.2) is 24.3 Å². The van der Waals surface area contributed by atoms with Crippen molar-refractivity contribution < 1.29 is 14.0 Å². The Balaban J connectivity index is 1.98. The van der Waals surface area contributed by atoms with Crippen LogP contribution in [0, 0.1) is 11.7 Å². The van der Waals surface area contributed by atoms with Crippen molar-refractivity contribution in [2.75, 3.05) is 19.6 Å². The minimum Gasteiger partial charge on any atom is -0.299 e. The van der Waals surface area contributed by atoms with Crippen LogP contribution in [0.5, 0.6) is 0 Å². The average molecular weight is 263 g/mol. The second kappa shape index (κ2) is 6.06. The molecule has 2 rings (SSSR count). The van der Waals surface area contributed by atoms with Gasteiger partial charge in [0.25, 0.3) is 0 Å². The number of hydrogen-bond acceptors (Lipinski definition) is 3. The van der Waals surface area contributed by atoms with Crippen LogP contribution in [0.2, 0.25) is 0 Å². The number of benzene rings is 1. The van der Waals surface area contributed by atoms with Gasteiger partial charge in [-0.1, -0.05) is 19.1 Å². The van der Waals surface area contributed by atoms with E-state index in [2.05, 4.69) is 0 Å². The summed E-state index contributed by atoms with van der Waals surface area (Å²) in [6.07, 6.45) is 1.32. The predicted molar refractivity (Wildman–Crippen MR) is 70.6 cm³/mol. The molecule has 1 heterocycles. The lowest BCUT2D eigenvalue weighted by atomic mass is 9.94. The Kier molecular flexibility index (Phi) is 4.43. The molecule has 1 aromatic carbocycles. The number of likely N-dealkylation sites (tertiary alicyclic amines) is 1. The highest BCUT2D eigenvalue weighted by Crippen LogP contribution is 2.16. The molecule has 1 aromatic rings. The first kappa shape index (κ1) is 13.9. The summed E-state index contributed by atoms with van der Waals surface area (Å²) in [6.45, 7) is 3.50. The minimum atomic E-state index is -0.397. The zero-order valence-corrected chi connectivity index (χ0v) is 11.1. The van der Waals surface area contributed by atoms with Crippen molar-refractivity contribution in [3.8, 4) is 0 Å². The van der Waals surface area contributed by atoms with Gasteiger partial charge in [-0.25, -0.2) is 4.39 Å². The van der Waals surface area contributed by atoms with Gasteiger partial charge in [-0.15, -0.1) is 0 Å². The molecular formula is C15H18FNO2. The largest absolute Gasteiger partial charge is 0.299 e. The number of carbonyl (C=O) groups is 2. The SMILES string of the molecule is CCC1CN(CC(=O)c2cccc(F)c2)CCC1=O. The molecule has 3 nitrogen and oxygen atoms in total. The van der Waals surface area contributed by atoms with Gasteiger partial charge in [0.1, 0.15) is 11.6 Å². The molecule has 1 aliphatic heterocycles. The Hall–Kier alpha value is -1.55. The zero-order valence-electron chi connectivity index (χ0n) is 11.1. The van der Waals surface area contributed by atoms with Gasteiger partial charge in [0.05, 0.1) is 6.54 Å². The first-order valence-electron chi connectivity index (χ1n) is 6.64. The van der Waals surface area contributed by atoms with Crippen molar-refractivity contribution >= 4 is 11.6 Å². The molecule has 0 radical (unpaired) electrons. The van der Waals surface area contributed by atoms with E-state index in [0.29, 0.717) is 25.1 Å². The Morgan fingerprint density at radius 1 is 1.47 bits per heavy atom. The van der Waals surface area contributed by atoms with Gasteiger partial charge in [-0.3, -0.25) is 14.5 Å². The predicted octanol–water partition coefficient (Wildman–Crippen LogP) is 2.31. The fourth-order valence-electron chi connectivity index (χ4n) is 2.43. The third-order valence-electron chi connectivity index (χ3n) is 3.61. The fraction of sp³-hybridized carbons (Fsp3) is 0.467. The van der Waals surface area contributed by atoms with Crippen LogP contribution in [0.1, 0.15) is 30.1 Å². The number of halogens is 1. The molecule has 0 amide bonds. The Morgan fingerprint density at radius 3 is 2.95 bits per heavy atom. The standard InChI is InChI=1S/C15H18FNO2/c1-2-11-9-17(7-6-14(11)18)10-15(19)12-4-3-5-13(16)8-12/h3-5,8,11H,2,6-7,9-10H2,1H3. The van der Waals surface area contributed by atoms with Crippen molar-refractivity contribution in [3.05, 3.63) is 35.6 Å². The summed E-state index contributed by atoms with van der Waals surface area (Å²) >= 11 is 0. The number of Topliss-reactive ketones (excluding diaryl/α,β-unsaturated/α-hetero) is 2. The van der Waals surface area contributed by atoms with Crippen molar-refractivity contribution in [2.24, 2.45) is 5.92 Å². The normalized spacial score (nSPS) is 20.5. The van der Waals surface area contributed by atoms with Gasteiger partial charge in [0.2, 0.25) is 0 Å². The van der Waals surface area contributed by atoms with E-state index < -0.39 is 5.82 Å². The third-order valence-corrected chi connectivity index (χ3v) is 3.61. The quantitative estimate of drug-likeness (QED) is 0.782. The molecule has 0 saturated carbocycles. The molecule has 1 atom stereocenters. The van der Waals surface area contributed by atoms with Crippen LogP contribution in [-0.4, -0.2) is 36.1 Å². The number of ketones is 2. The molecule has 1 saturated heterocycles. The zero-order chi connectivity index (χ0) is 13.8. The van der Waals surface area contributed by atoms with Crippen LogP contribution in [0.4, 0.5) is 4.39 Å². The molecule has 0 spiro atoms. The topological polar surface area (TPSA) is 37.4 Å². The molecule has 0 N–H and O–H groups in total. The van der Waals surface area contributed by atoms with Crippen molar-refractivity contribution in [1.82, 2.24) is 4.90 Å². The van der Waals surface area contributed by atoms with Crippen molar-refractivity contribution in [1.29, 1.82) is 0 Å². The van der Waals surface area contributed by atoms with Gasteiger partial charge in [-0.2, -0.15) is 0 Å². The van der Waals surface area contributed by atoms with Crippen LogP contribution in [-0.2, 0) is 4.79 Å². The van der Waals surface area contributed by atoms with E-state index >= 15 is 0 Å². The van der Waals surface area contributed by atoms with Crippen LogP contribution < -0.4 is 0 Å². The first-order valence-corrected chi connectivity index (χ1v) is 6.64. The van der Waals surface area contributed by atoms with E-state index in [1.807, 2.05) is 11.8 Å².